The van der Waals surface area contributed by atoms with Crippen molar-refractivity contribution in [3.05, 3.63) is 57.8 Å². The first-order chi connectivity index (χ1) is 12.6. The Labute approximate surface area is 160 Å². The molecular formula is C18H19N3O3S2. The molecule has 0 unspecified atom stereocenters. The van der Waals surface area contributed by atoms with E-state index in [1.165, 1.54) is 5.56 Å². The SMILES string of the molecule is O=C(NCCSCc1ccsc1)c1ccccc1CN1C(=O)CNC1=O. The number of rotatable bonds is 8. The first-order valence-corrected chi connectivity index (χ1v) is 10.3. The quantitative estimate of drug-likeness (QED) is 0.537. The Morgan fingerprint density at radius 2 is 2.12 bits per heavy atom. The van der Waals surface area contributed by atoms with Crippen LogP contribution in [0.3, 0.4) is 0 Å². The molecule has 2 aromatic rings. The standard InChI is InChI=1S/C18H19N3O3S2/c22-16-9-20-18(24)21(16)10-14-3-1-2-4-15(14)17(23)19-6-8-26-12-13-5-7-25-11-13/h1-5,7,11H,6,8-10,12H2,(H,19,23)(H,20,24). The predicted molar refractivity (Wildman–Crippen MR) is 103 cm³/mol. The summed E-state index contributed by atoms with van der Waals surface area (Å²) in [6.45, 7) is 0.667. The summed E-state index contributed by atoms with van der Waals surface area (Å²) in [7, 11) is 0. The van der Waals surface area contributed by atoms with Gasteiger partial charge in [0.1, 0.15) is 0 Å². The minimum atomic E-state index is -0.421. The van der Waals surface area contributed by atoms with Crippen molar-refractivity contribution in [2.45, 2.75) is 12.3 Å². The Morgan fingerprint density at radius 1 is 1.27 bits per heavy atom. The molecule has 1 aliphatic rings. The Kier molecular flexibility index (Phi) is 6.30. The Hall–Kier alpha value is -2.32. The second-order valence-electron chi connectivity index (χ2n) is 5.74. The third-order valence-electron chi connectivity index (χ3n) is 3.91. The van der Waals surface area contributed by atoms with Crippen molar-refractivity contribution in [1.29, 1.82) is 0 Å². The summed E-state index contributed by atoms with van der Waals surface area (Å²) in [4.78, 5) is 37.1. The molecule has 0 aliphatic carbocycles. The van der Waals surface area contributed by atoms with Crippen LogP contribution in [0.25, 0.3) is 0 Å². The molecule has 26 heavy (non-hydrogen) atoms. The van der Waals surface area contributed by atoms with Crippen molar-refractivity contribution in [2.24, 2.45) is 0 Å². The minimum absolute atomic E-state index is 0.00848. The highest BCUT2D eigenvalue weighted by Crippen LogP contribution is 2.16. The summed E-state index contributed by atoms with van der Waals surface area (Å²) < 4.78 is 0. The second kappa shape index (κ2) is 8.86. The van der Waals surface area contributed by atoms with E-state index in [9.17, 15) is 14.4 Å². The zero-order valence-corrected chi connectivity index (χ0v) is 15.7. The zero-order chi connectivity index (χ0) is 18.4. The summed E-state index contributed by atoms with van der Waals surface area (Å²) in [5, 5.41) is 9.57. The highest BCUT2D eigenvalue weighted by atomic mass is 32.2. The number of nitrogens with one attached hydrogen (secondary N) is 2. The lowest BCUT2D eigenvalue weighted by Crippen LogP contribution is -2.32. The van der Waals surface area contributed by atoms with Crippen LogP contribution in [0.5, 0.6) is 0 Å². The molecule has 6 nitrogen and oxygen atoms in total. The number of urea groups is 1. The third-order valence-corrected chi connectivity index (χ3v) is 5.67. The Balaban J connectivity index is 1.52. The van der Waals surface area contributed by atoms with Crippen LogP contribution in [0.4, 0.5) is 4.79 Å². The van der Waals surface area contributed by atoms with Crippen LogP contribution in [0.2, 0.25) is 0 Å². The van der Waals surface area contributed by atoms with E-state index in [2.05, 4.69) is 27.5 Å². The predicted octanol–water partition coefficient (Wildman–Crippen LogP) is 2.46. The lowest BCUT2D eigenvalue weighted by atomic mass is 10.1. The van der Waals surface area contributed by atoms with Gasteiger partial charge in [-0.15, -0.1) is 0 Å². The molecule has 1 saturated heterocycles. The molecule has 0 atom stereocenters. The topological polar surface area (TPSA) is 78.5 Å². The smallest absolute Gasteiger partial charge is 0.324 e. The number of nitrogens with zero attached hydrogens (tertiary/aromatic N) is 1. The first-order valence-electron chi connectivity index (χ1n) is 8.18. The van der Waals surface area contributed by atoms with Gasteiger partial charge >= 0.3 is 6.03 Å². The van der Waals surface area contributed by atoms with E-state index < -0.39 is 6.03 Å². The number of carbonyl (C=O) groups is 3. The van der Waals surface area contributed by atoms with E-state index >= 15 is 0 Å². The van der Waals surface area contributed by atoms with Gasteiger partial charge in [0, 0.05) is 23.6 Å². The number of benzene rings is 1. The van der Waals surface area contributed by atoms with Crippen LogP contribution < -0.4 is 10.6 Å². The molecule has 1 aromatic heterocycles. The maximum Gasteiger partial charge on any atom is 0.324 e. The van der Waals surface area contributed by atoms with Crippen LogP contribution >= 0.6 is 23.1 Å². The van der Waals surface area contributed by atoms with E-state index in [-0.39, 0.29) is 24.9 Å². The van der Waals surface area contributed by atoms with Gasteiger partial charge in [0.05, 0.1) is 13.1 Å². The van der Waals surface area contributed by atoms with Crippen LogP contribution in [-0.4, -0.2) is 41.6 Å². The number of carbonyl (C=O) groups excluding carboxylic acids is 3. The summed E-state index contributed by atoms with van der Waals surface area (Å²) in [6, 6.07) is 8.72. The molecule has 0 radical (unpaired) electrons. The number of imide groups is 1. The number of hydrogen-bond acceptors (Lipinski definition) is 5. The highest BCUT2D eigenvalue weighted by Gasteiger charge is 2.29. The van der Waals surface area contributed by atoms with Crippen LogP contribution in [-0.2, 0) is 17.1 Å². The number of thioether (sulfide) groups is 1. The average molecular weight is 390 g/mol. The Bertz CT molecular complexity index is 777. The molecule has 2 N–H and O–H groups in total. The second-order valence-corrected chi connectivity index (χ2v) is 7.62. The van der Waals surface area contributed by atoms with E-state index in [4.69, 9.17) is 0 Å². The highest BCUT2D eigenvalue weighted by molar-refractivity contribution is 7.98. The fourth-order valence-electron chi connectivity index (χ4n) is 2.56. The van der Waals surface area contributed by atoms with E-state index in [1.807, 2.05) is 0 Å². The number of thiophene rings is 1. The van der Waals surface area contributed by atoms with Crippen LogP contribution in [0, 0.1) is 0 Å². The van der Waals surface area contributed by atoms with Gasteiger partial charge in [-0.3, -0.25) is 14.5 Å². The molecule has 2 heterocycles. The average Bonchev–Trinajstić information content (AvgIpc) is 3.27. The van der Waals surface area contributed by atoms with Crippen molar-refractivity contribution < 1.29 is 14.4 Å². The van der Waals surface area contributed by atoms with Crippen molar-refractivity contribution in [1.82, 2.24) is 15.5 Å². The molecule has 3 rings (SSSR count). The van der Waals surface area contributed by atoms with E-state index in [1.54, 1.807) is 47.4 Å². The summed E-state index contributed by atoms with van der Waals surface area (Å²) in [6.07, 6.45) is 0. The molecule has 1 aromatic carbocycles. The normalized spacial score (nSPS) is 13.8. The van der Waals surface area contributed by atoms with Crippen LogP contribution in [0.15, 0.2) is 41.1 Å². The molecule has 136 valence electrons. The molecule has 0 bridgehead atoms. The number of hydrogen-bond donors (Lipinski definition) is 2. The van der Waals surface area contributed by atoms with Crippen molar-refractivity contribution in [2.75, 3.05) is 18.8 Å². The summed E-state index contributed by atoms with van der Waals surface area (Å²) in [5.41, 5.74) is 2.44. The minimum Gasteiger partial charge on any atom is -0.351 e. The number of amides is 4. The van der Waals surface area contributed by atoms with E-state index in [0.717, 1.165) is 16.4 Å². The molecule has 0 saturated carbocycles. The fraction of sp³-hybridized carbons (Fsp3) is 0.278. The van der Waals surface area contributed by atoms with Crippen LogP contribution in [0.1, 0.15) is 21.5 Å². The lowest BCUT2D eigenvalue weighted by molar-refractivity contribution is -0.125. The van der Waals surface area contributed by atoms with Crippen molar-refractivity contribution in [3.63, 3.8) is 0 Å². The van der Waals surface area contributed by atoms with Gasteiger partial charge in [-0.05, 0) is 34.0 Å². The van der Waals surface area contributed by atoms with Gasteiger partial charge in [0.15, 0.2) is 0 Å². The van der Waals surface area contributed by atoms with Gasteiger partial charge in [-0.25, -0.2) is 4.79 Å². The van der Waals surface area contributed by atoms with Gasteiger partial charge in [0.25, 0.3) is 5.91 Å². The van der Waals surface area contributed by atoms with E-state index in [0.29, 0.717) is 17.7 Å². The fourth-order valence-corrected chi connectivity index (χ4v) is 4.14. The van der Waals surface area contributed by atoms with Gasteiger partial charge in [-0.2, -0.15) is 23.1 Å². The monoisotopic (exact) mass is 389 g/mol. The first kappa shape index (κ1) is 18.5. The van der Waals surface area contributed by atoms with Gasteiger partial charge < -0.3 is 10.6 Å². The Morgan fingerprint density at radius 3 is 2.85 bits per heavy atom. The molecular weight excluding hydrogens is 370 g/mol. The maximum absolute atomic E-state index is 12.5. The summed E-state index contributed by atoms with van der Waals surface area (Å²) in [5.74, 6) is 1.28. The molecule has 1 aliphatic heterocycles. The zero-order valence-electron chi connectivity index (χ0n) is 14.1. The third kappa shape index (κ3) is 4.64. The lowest BCUT2D eigenvalue weighted by Gasteiger charge is -2.15. The molecule has 8 heteroatoms. The van der Waals surface area contributed by atoms with Gasteiger partial charge in [0.2, 0.25) is 5.91 Å². The maximum atomic E-state index is 12.5. The van der Waals surface area contributed by atoms with Gasteiger partial charge in [-0.1, -0.05) is 18.2 Å². The molecule has 1 fully saturated rings. The molecule has 4 amide bonds. The van der Waals surface area contributed by atoms with Crippen molar-refractivity contribution >= 4 is 40.9 Å². The molecule has 0 spiro atoms. The largest absolute Gasteiger partial charge is 0.351 e. The summed E-state index contributed by atoms with van der Waals surface area (Å²) >= 11 is 3.45. The van der Waals surface area contributed by atoms with Crippen molar-refractivity contribution in [3.8, 4) is 0 Å².